The summed E-state index contributed by atoms with van der Waals surface area (Å²) in [5.41, 5.74) is 2.11. The number of hydrogen-bond acceptors (Lipinski definition) is 3. The highest BCUT2D eigenvalue weighted by atomic mass is 19.1. The van der Waals surface area contributed by atoms with E-state index in [1.165, 1.54) is 11.6 Å². The minimum absolute atomic E-state index is 0.306. The Hall–Kier alpha value is -2.91. The van der Waals surface area contributed by atoms with Gasteiger partial charge in [-0.25, -0.2) is 4.39 Å². The zero-order chi connectivity index (χ0) is 20.4. The molecule has 2 N–H and O–H groups in total. The highest BCUT2D eigenvalue weighted by Gasteiger charge is 2.10. The van der Waals surface area contributed by atoms with Crippen molar-refractivity contribution in [3.8, 4) is 6.07 Å². The van der Waals surface area contributed by atoms with Gasteiger partial charge in [0.1, 0.15) is 5.82 Å². The maximum absolute atomic E-state index is 14.0. The van der Waals surface area contributed by atoms with Crippen molar-refractivity contribution in [3.63, 3.8) is 0 Å². The molecule has 1 atom stereocenters. The van der Waals surface area contributed by atoms with E-state index in [4.69, 9.17) is 5.26 Å². The van der Waals surface area contributed by atoms with Crippen LogP contribution in [0.15, 0.2) is 53.5 Å². The van der Waals surface area contributed by atoms with Crippen LogP contribution < -0.4 is 10.6 Å². The number of guanidine groups is 1. The Balaban J connectivity index is 1.75. The number of hydrogen-bond donors (Lipinski definition) is 2. The summed E-state index contributed by atoms with van der Waals surface area (Å²) in [5, 5.41) is 15.2. The fourth-order valence-electron chi connectivity index (χ4n) is 2.81. The number of nitrogens with zero attached hydrogens (tertiary/aromatic N) is 3. The molecule has 1 unspecified atom stereocenters. The van der Waals surface area contributed by atoms with E-state index in [2.05, 4.69) is 58.8 Å². The van der Waals surface area contributed by atoms with Gasteiger partial charge in [-0.15, -0.1) is 0 Å². The average molecular weight is 381 g/mol. The molecule has 0 saturated carbocycles. The van der Waals surface area contributed by atoms with Crippen molar-refractivity contribution in [2.45, 2.75) is 32.5 Å². The molecule has 0 aromatic heterocycles. The summed E-state index contributed by atoms with van der Waals surface area (Å²) in [4.78, 5) is 6.50. The quantitative estimate of drug-likeness (QED) is 0.544. The minimum atomic E-state index is -0.391. The molecule has 0 spiro atoms. The highest BCUT2D eigenvalue weighted by Crippen LogP contribution is 2.10. The van der Waals surface area contributed by atoms with Gasteiger partial charge in [-0.3, -0.25) is 9.89 Å². The molecule has 0 aliphatic heterocycles. The maximum atomic E-state index is 14.0. The lowest BCUT2D eigenvalue weighted by Crippen LogP contribution is -2.39. The molecule has 0 radical (unpaired) electrons. The van der Waals surface area contributed by atoms with Crippen molar-refractivity contribution in [2.24, 2.45) is 4.99 Å². The largest absolute Gasteiger partial charge is 0.356 e. The zero-order valence-electron chi connectivity index (χ0n) is 16.7. The lowest BCUT2D eigenvalue weighted by molar-refractivity contribution is 0.238. The Morgan fingerprint density at radius 2 is 1.96 bits per heavy atom. The monoisotopic (exact) mass is 381 g/mol. The number of aliphatic imine (C=N–C) groups is 1. The van der Waals surface area contributed by atoms with Gasteiger partial charge in [0.25, 0.3) is 0 Å². The van der Waals surface area contributed by atoms with Gasteiger partial charge in [0.2, 0.25) is 0 Å². The Morgan fingerprint density at radius 3 is 2.61 bits per heavy atom. The van der Waals surface area contributed by atoms with Crippen molar-refractivity contribution in [3.05, 3.63) is 71.0 Å². The van der Waals surface area contributed by atoms with Gasteiger partial charge in [-0.2, -0.15) is 5.26 Å². The number of rotatable bonds is 8. The van der Waals surface area contributed by atoms with E-state index in [-0.39, 0.29) is 0 Å². The third-order valence-corrected chi connectivity index (χ3v) is 4.73. The summed E-state index contributed by atoms with van der Waals surface area (Å²) >= 11 is 0. The first-order chi connectivity index (χ1) is 13.5. The molecule has 0 fully saturated rings. The molecule has 0 aliphatic carbocycles. The van der Waals surface area contributed by atoms with Gasteiger partial charge in [0.15, 0.2) is 5.96 Å². The van der Waals surface area contributed by atoms with Gasteiger partial charge < -0.3 is 10.6 Å². The Kier molecular flexibility index (Phi) is 8.44. The lowest BCUT2D eigenvalue weighted by Gasteiger charge is -2.25. The van der Waals surface area contributed by atoms with Gasteiger partial charge in [-0.1, -0.05) is 36.4 Å². The van der Waals surface area contributed by atoms with Crippen molar-refractivity contribution >= 4 is 5.96 Å². The van der Waals surface area contributed by atoms with Crippen LogP contribution in [0.4, 0.5) is 4.39 Å². The molecule has 0 heterocycles. The second-order valence-electron chi connectivity index (χ2n) is 6.81. The molecule has 148 valence electrons. The Morgan fingerprint density at radius 1 is 1.21 bits per heavy atom. The van der Waals surface area contributed by atoms with Crippen molar-refractivity contribution in [1.82, 2.24) is 15.5 Å². The molecule has 5 nitrogen and oxygen atoms in total. The van der Waals surface area contributed by atoms with Crippen LogP contribution in [0.3, 0.4) is 0 Å². The van der Waals surface area contributed by atoms with Crippen molar-refractivity contribution in [1.29, 1.82) is 5.26 Å². The number of nitrogens with one attached hydrogen (secondary N) is 2. The lowest BCUT2D eigenvalue weighted by atomic mass is 10.1. The third kappa shape index (κ3) is 6.67. The standard InChI is InChI=1S/C22H28FN5/c1-17(28(3)16-18-7-5-4-6-8-18)11-12-26-22(25-2)27-15-20-10-9-19(14-24)13-21(20)23/h4-10,13,17H,11-12,15-16H2,1-3H3,(H2,25,26,27). The first-order valence-corrected chi connectivity index (χ1v) is 9.40. The number of halogens is 1. The first-order valence-electron chi connectivity index (χ1n) is 9.40. The maximum Gasteiger partial charge on any atom is 0.191 e. The molecule has 0 bridgehead atoms. The second-order valence-corrected chi connectivity index (χ2v) is 6.81. The summed E-state index contributed by atoms with van der Waals surface area (Å²) < 4.78 is 14.0. The third-order valence-electron chi connectivity index (χ3n) is 4.73. The average Bonchev–Trinajstić information content (AvgIpc) is 2.71. The molecule has 2 aromatic rings. The van der Waals surface area contributed by atoms with E-state index in [9.17, 15) is 4.39 Å². The van der Waals surface area contributed by atoms with Crippen LogP contribution in [-0.4, -0.2) is 37.5 Å². The van der Waals surface area contributed by atoms with Crippen LogP contribution in [0.5, 0.6) is 0 Å². The molecule has 2 aromatic carbocycles. The zero-order valence-corrected chi connectivity index (χ0v) is 16.7. The van der Waals surface area contributed by atoms with Crippen LogP contribution in [-0.2, 0) is 13.1 Å². The number of nitriles is 1. The van der Waals surface area contributed by atoms with E-state index in [1.807, 2.05) is 12.1 Å². The second kappa shape index (κ2) is 11.1. The van der Waals surface area contributed by atoms with E-state index in [0.29, 0.717) is 29.7 Å². The highest BCUT2D eigenvalue weighted by molar-refractivity contribution is 5.79. The fourth-order valence-corrected chi connectivity index (χ4v) is 2.81. The molecule has 0 aliphatic rings. The molecule has 2 rings (SSSR count). The van der Waals surface area contributed by atoms with Crippen LogP contribution in [0.1, 0.15) is 30.0 Å². The molecular weight excluding hydrogens is 353 g/mol. The van der Waals surface area contributed by atoms with Crippen LogP contribution in [0.2, 0.25) is 0 Å². The Labute approximate surface area is 166 Å². The van der Waals surface area contributed by atoms with Crippen molar-refractivity contribution < 1.29 is 4.39 Å². The van der Waals surface area contributed by atoms with Crippen LogP contribution in [0.25, 0.3) is 0 Å². The SMILES string of the molecule is CN=C(NCCC(C)N(C)Cc1ccccc1)NCc1ccc(C#N)cc1F. The van der Waals surface area contributed by atoms with Crippen molar-refractivity contribution in [2.75, 3.05) is 20.6 Å². The smallest absolute Gasteiger partial charge is 0.191 e. The summed E-state index contributed by atoms with van der Waals surface area (Å²) in [6, 6.07) is 17.2. The van der Waals surface area contributed by atoms with Gasteiger partial charge >= 0.3 is 0 Å². The summed E-state index contributed by atoms with van der Waals surface area (Å²) in [6.07, 6.45) is 0.954. The summed E-state index contributed by atoms with van der Waals surface area (Å²) in [7, 11) is 3.81. The molecule has 0 amide bonds. The number of benzene rings is 2. The normalized spacial score (nSPS) is 12.5. The predicted octanol–water partition coefficient (Wildman–Crippen LogP) is 3.27. The molecule has 28 heavy (non-hydrogen) atoms. The van der Waals surface area contributed by atoms with Gasteiger partial charge in [0, 0.05) is 38.3 Å². The summed E-state index contributed by atoms with van der Waals surface area (Å²) in [6.45, 7) is 4.18. The molecule has 6 heteroatoms. The van der Waals surface area contributed by atoms with E-state index in [0.717, 1.165) is 19.5 Å². The molecular formula is C22H28FN5. The Bertz CT molecular complexity index is 813. The van der Waals surface area contributed by atoms with Crippen LogP contribution in [0, 0.1) is 17.1 Å². The van der Waals surface area contributed by atoms with E-state index >= 15 is 0 Å². The van der Waals surface area contributed by atoms with Gasteiger partial charge in [0.05, 0.1) is 11.6 Å². The topological polar surface area (TPSA) is 63.5 Å². The fraction of sp³-hybridized carbons (Fsp3) is 0.364. The minimum Gasteiger partial charge on any atom is -0.356 e. The van der Waals surface area contributed by atoms with E-state index < -0.39 is 5.82 Å². The van der Waals surface area contributed by atoms with Crippen LogP contribution >= 0.6 is 0 Å². The van der Waals surface area contributed by atoms with Gasteiger partial charge in [-0.05, 0) is 38.1 Å². The predicted molar refractivity (Wildman–Crippen MR) is 111 cm³/mol. The molecule has 0 saturated heterocycles. The van der Waals surface area contributed by atoms with E-state index in [1.54, 1.807) is 19.2 Å². The summed E-state index contributed by atoms with van der Waals surface area (Å²) in [5.74, 6) is 0.236. The first kappa shape index (κ1) is 21.4.